The number of carbonyl (C=O) groups excluding carboxylic acids is 1. The first-order chi connectivity index (χ1) is 10.2. The molecule has 0 aliphatic carbocycles. The Balaban J connectivity index is 1.81. The van der Waals surface area contributed by atoms with Gasteiger partial charge in [0.25, 0.3) is 0 Å². The lowest BCUT2D eigenvalue weighted by molar-refractivity contribution is 0.0291. The Bertz CT molecular complexity index is 543. The Hall–Kier alpha value is -0.970. The number of benzene rings is 1. The van der Waals surface area contributed by atoms with Gasteiger partial charge in [0.05, 0.1) is 10.0 Å². The van der Waals surface area contributed by atoms with Gasteiger partial charge in [-0.2, -0.15) is 0 Å². The molecule has 6 heteroatoms. The summed E-state index contributed by atoms with van der Waals surface area (Å²) in [6.45, 7) is 7.71. The zero-order chi connectivity index (χ0) is 16.3. The second kappa shape index (κ2) is 7.07. The van der Waals surface area contributed by atoms with E-state index in [9.17, 15) is 4.79 Å². The molecule has 1 fully saturated rings. The van der Waals surface area contributed by atoms with Crippen molar-refractivity contribution in [1.82, 2.24) is 10.2 Å². The van der Waals surface area contributed by atoms with Gasteiger partial charge in [0.1, 0.15) is 5.60 Å². The van der Waals surface area contributed by atoms with Crippen molar-refractivity contribution in [3.05, 3.63) is 33.8 Å². The average molecular weight is 345 g/mol. The predicted octanol–water partition coefficient (Wildman–Crippen LogP) is 4.09. The maximum absolute atomic E-state index is 12.0. The molecule has 1 N–H and O–H groups in total. The fourth-order valence-corrected chi connectivity index (χ4v) is 2.65. The molecular formula is C16H22Cl2N2O2. The average Bonchev–Trinajstić information content (AvgIpc) is 2.87. The van der Waals surface area contributed by atoms with Crippen LogP contribution in [0.15, 0.2) is 18.2 Å². The number of hydrogen-bond donors (Lipinski definition) is 1. The molecule has 1 aromatic carbocycles. The third kappa shape index (κ3) is 5.04. The molecular weight excluding hydrogens is 323 g/mol. The molecule has 1 heterocycles. The van der Waals surface area contributed by atoms with Gasteiger partial charge in [-0.1, -0.05) is 29.3 Å². The van der Waals surface area contributed by atoms with Gasteiger partial charge < -0.3 is 15.0 Å². The van der Waals surface area contributed by atoms with Crippen LogP contribution in [0.5, 0.6) is 0 Å². The van der Waals surface area contributed by atoms with Crippen LogP contribution in [0.1, 0.15) is 32.8 Å². The van der Waals surface area contributed by atoms with Crippen molar-refractivity contribution < 1.29 is 9.53 Å². The van der Waals surface area contributed by atoms with E-state index in [0.29, 0.717) is 29.7 Å². The van der Waals surface area contributed by atoms with Crippen LogP contribution < -0.4 is 5.32 Å². The quantitative estimate of drug-likeness (QED) is 0.897. The maximum atomic E-state index is 12.0. The van der Waals surface area contributed by atoms with E-state index in [2.05, 4.69) is 5.32 Å². The van der Waals surface area contributed by atoms with Gasteiger partial charge >= 0.3 is 6.09 Å². The fraction of sp³-hybridized carbons (Fsp3) is 0.562. The van der Waals surface area contributed by atoms with Gasteiger partial charge in [0.15, 0.2) is 0 Å². The van der Waals surface area contributed by atoms with E-state index in [1.54, 1.807) is 11.0 Å². The molecule has 1 saturated heterocycles. The zero-order valence-electron chi connectivity index (χ0n) is 13.2. The summed E-state index contributed by atoms with van der Waals surface area (Å²) in [4.78, 5) is 13.8. The molecule has 0 bridgehead atoms. The normalized spacial score (nSPS) is 18.6. The molecule has 0 radical (unpaired) electrons. The third-order valence-electron chi connectivity index (χ3n) is 3.42. The molecule has 1 atom stereocenters. The summed E-state index contributed by atoms with van der Waals surface area (Å²) in [5.74, 6) is 0. The summed E-state index contributed by atoms with van der Waals surface area (Å²) in [6.07, 6.45) is 0.673. The summed E-state index contributed by atoms with van der Waals surface area (Å²) in [5.41, 5.74) is 0.618. The predicted molar refractivity (Wildman–Crippen MR) is 89.5 cm³/mol. The first-order valence-corrected chi connectivity index (χ1v) is 8.15. The van der Waals surface area contributed by atoms with Gasteiger partial charge in [-0.05, 0) is 44.9 Å². The van der Waals surface area contributed by atoms with Crippen LogP contribution >= 0.6 is 23.2 Å². The van der Waals surface area contributed by atoms with Gasteiger partial charge in [-0.3, -0.25) is 0 Å². The number of amides is 1. The largest absolute Gasteiger partial charge is 0.444 e. The number of carbonyl (C=O) groups is 1. The molecule has 0 spiro atoms. The Morgan fingerprint density at radius 1 is 1.36 bits per heavy atom. The van der Waals surface area contributed by atoms with Gasteiger partial charge in [0.2, 0.25) is 0 Å². The summed E-state index contributed by atoms with van der Waals surface area (Å²) in [7, 11) is 0. The van der Waals surface area contributed by atoms with Crippen molar-refractivity contribution >= 4 is 29.3 Å². The van der Waals surface area contributed by atoms with Crippen LogP contribution in [-0.2, 0) is 11.3 Å². The van der Waals surface area contributed by atoms with Crippen molar-refractivity contribution in [1.29, 1.82) is 0 Å². The smallest absolute Gasteiger partial charge is 0.410 e. The van der Waals surface area contributed by atoms with E-state index in [1.807, 2.05) is 32.9 Å². The van der Waals surface area contributed by atoms with Crippen molar-refractivity contribution in [2.45, 2.75) is 45.4 Å². The zero-order valence-corrected chi connectivity index (χ0v) is 14.7. The van der Waals surface area contributed by atoms with E-state index in [4.69, 9.17) is 27.9 Å². The van der Waals surface area contributed by atoms with Crippen LogP contribution in [-0.4, -0.2) is 35.7 Å². The van der Waals surface area contributed by atoms with Crippen LogP contribution in [0.4, 0.5) is 4.79 Å². The first-order valence-electron chi connectivity index (χ1n) is 7.40. The lowest BCUT2D eigenvalue weighted by Crippen LogP contribution is -2.38. The Kier molecular flexibility index (Phi) is 5.59. The van der Waals surface area contributed by atoms with Crippen LogP contribution in [0.2, 0.25) is 10.0 Å². The Morgan fingerprint density at radius 2 is 2.09 bits per heavy atom. The van der Waals surface area contributed by atoms with Crippen LogP contribution in [0.3, 0.4) is 0 Å². The fourth-order valence-electron chi connectivity index (χ4n) is 2.33. The first kappa shape index (κ1) is 17.4. The summed E-state index contributed by atoms with van der Waals surface area (Å²) < 4.78 is 5.39. The standard InChI is InChI=1S/C16H22Cl2N2O2/c1-16(2,3)22-15(21)20-7-6-12(10-20)19-9-11-4-5-13(17)14(18)8-11/h4-5,8,12,19H,6-7,9-10H2,1-3H3. The third-order valence-corrected chi connectivity index (χ3v) is 4.16. The van der Waals surface area contributed by atoms with E-state index in [0.717, 1.165) is 12.0 Å². The lowest BCUT2D eigenvalue weighted by Gasteiger charge is -2.24. The van der Waals surface area contributed by atoms with Crippen molar-refractivity contribution in [2.75, 3.05) is 13.1 Å². The highest BCUT2D eigenvalue weighted by Gasteiger charge is 2.29. The van der Waals surface area contributed by atoms with Gasteiger partial charge in [-0.15, -0.1) is 0 Å². The molecule has 4 nitrogen and oxygen atoms in total. The highest BCUT2D eigenvalue weighted by Crippen LogP contribution is 2.23. The number of nitrogens with zero attached hydrogens (tertiary/aromatic N) is 1. The molecule has 1 aliphatic heterocycles. The SMILES string of the molecule is CC(C)(C)OC(=O)N1CCC(NCc2ccc(Cl)c(Cl)c2)C1. The number of ether oxygens (including phenoxy) is 1. The van der Waals surface area contributed by atoms with Crippen LogP contribution in [0, 0.1) is 0 Å². The Morgan fingerprint density at radius 3 is 2.73 bits per heavy atom. The highest BCUT2D eigenvalue weighted by molar-refractivity contribution is 6.42. The van der Waals surface area contributed by atoms with E-state index in [-0.39, 0.29) is 12.1 Å². The van der Waals surface area contributed by atoms with Crippen molar-refractivity contribution in [3.63, 3.8) is 0 Å². The van der Waals surface area contributed by atoms with E-state index >= 15 is 0 Å². The van der Waals surface area contributed by atoms with Gasteiger partial charge in [-0.25, -0.2) is 4.79 Å². The molecule has 1 unspecified atom stereocenters. The summed E-state index contributed by atoms with van der Waals surface area (Å²) in [6, 6.07) is 5.86. The second-order valence-corrected chi connectivity index (χ2v) is 7.36. The second-order valence-electron chi connectivity index (χ2n) is 6.54. The molecule has 2 rings (SSSR count). The highest BCUT2D eigenvalue weighted by atomic mass is 35.5. The molecule has 1 aromatic rings. The number of hydrogen-bond acceptors (Lipinski definition) is 3. The molecule has 22 heavy (non-hydrogen) atoms. The summed E-state index contributed by atoms with van der Waals surface area (Å²) >= 11 is 11.9. The number of halogens is 2. The van der Waals surface area contributed by atoms with Crippen molar-refractivity contribution in [3.8, 4) is 0 Å². The van der Waals surface area contributed by atoms with Crippen molar-refractivity contribution in [2.24, 2.45) is 0 Å². The van der Waals surface area contributed by atoms with E-state index < -0.39 is 5.60 Å². The minimum absolute atomic E-state index is 0.244. The minimum atomic E-state index is -0.456. The topological polar surface area (TPSA) is 41.6 Å². The molecule has 0 saturated carbocycles. The molecule has 122 valence electrons. The molecule has 1 aliphatic rings. The monoisotopic (exact) mass is 344 g/mol. The molecule has 0 aromatic heterocycles. The number of likely N-dealkylation sites (tertiary alicyclic amines) is 1. The Labute approximate surface area is 141 Å². The number of rotatable bonds is 3. The minimum Gasteiger partial charge on any atom is -0.444 e. The van der Waals surface area contributed by atoms with E-state index in [1.165, 1.54) is 0 Å². The lowest BCUT2D eigenvalue weighted by atomic mass is 10.2. The van der Waals surface area contributed by atoms with Crippen LogP contribution in [0.25, 0.3) is 0 Å². The number of nitrogens with one attached hydrogen (secondary N) is 1. The maximum Gasteiger partial charge on any atom is 0.410 e. The van der Waals surface area contributed by atoms with Gasteiger partial charge in [0, 0.05) is 25.7 Å². The molecule has 1 amide bonds. The summed E-state index contributed by atoms with van der Waals surface area (Å²) in [5, 5.41) is 4.56.